The standard InChI is InChI=1S/C11H20N2O3/c1-8(12)3-4-9(14)13-11(5-2-6-11)7-10(15)16/h8H,2-7,12H2,1H3,(H,13,14)(H,15,16). The van der Waals surface area contributed by atoms with Crippen LogP contribution in [0.25, 0.3) is 0 Å². The van der Waals surface area contributed by atoms with Crippen LogP contribution in [0.3, 0.4) is 0 Å². The monoisotopic (exact) mass is 228 g/mol. The van der Waals surface area contributed by atoms with Crippen LogP contribution in [-0.2, 0) is 9.59 Å². The molecule has 0 aromatic heterocycles. The maximum Gasteiger partial charge on any atom is 0.305 e. The average Bonchev–Trinajstić information content (AvgIpc) is 2.10. The molecule has 0 aromatic carbocycles. The highest BCUT2D eigenvalue weighted by Gasteiger charge is 2.40. The number of aliphatic carboxylic acids is 1. The Morgan fingerprint density at radius 2 is 2.12 bits per heavy atom. The van der Waals surface area contributed by atoms with Gasteiger partial charge in [-0.1, -0.05) is 0 Å². The average molecular weight is 228 g/mol. The minimum atomic E-state index is -0.854. The molecule has 0 aromatic rings. The summed E-state index contributed by atoms with van der Waals surface area (Å²) in [5.41, 5.74) is 5.07. The van der Waals surface area contributed by atoms with E-state index in [2.05, 4.69) is 5.32 Å². The lowest BCUT2D eigenvalue weighted by Crippen LogP contribution is -2.54. The molecule has 5 heteroatoms. The Hall–Kier alpha value is -1.10. The number of nitrogens with two attached hydrogens (primary N) is 1. The van der Waals surface area contributed by atoms with Gasteiger partial charge < -0.3 is 16.2 Å². The van der Waals surface area contributed by atoms with Gasteiger partial charge in [0.25, 0.3) is 0 Å². The molecule has 0 bridgehead atoms. The number of carbonyl (C=O) groups is 2. The van der Waals surface area contributed by atoms with Gasteiger partial charge in [0.2, 0.25) is 5.91 Å². The molecule has 0 saturated heterocycles. The highest BCUT2D eigenvalue weighted by molar-refractivity contribution is 5.78. The van der Waals surface area contributed by atoms with Gasteiger partial charge in [-0.2, -0.15) is 0 Å². The number of nitrogens with one attached hydrogen (secondary N) is 1. The molecule has 1 atom stereocenters. The Morgan fingerprint density at radius 1 is 1.50 bits per heavy atom. The van der Waals surface area contributed by atoms with Crippen LogP contribution in [0.4, 0.5) is 0 Å². The summed E-state index contributed by atoms with van der Waals surface area (Å²) in [6, 6.07) is 0.00237. The van der Waals surface area contributed by atoms with E-state index in [9.17, 15) is 9.59 Å². The van der Waals surface area contributed by atoms with Crippen molar-refractivity contribution >= 4 is 11.9 Å². The zero-order valence-corrected chi connectivity index (χ0v) is 9.66. The molecule has 5 nitrogen and oxygen atoms in total. The number of hydrogen-bond acceptors (Lipinski definition) is 3. The van der Waals surface area contributed by atoms with Gasteiger partial charge in [-0.05, 0) is 32.6 Å². The van der Waals surface area contributed by atoms with Crippen LogP contribution in [0.1, 0.15) is 45.4 Å². The van der Waals surface area contributed by atoms with E-state index in [1.807, 2.05) is 6.92 Å². The van der Waals surface area contributed by atoms with Gasteiger partial charge in [0.05, 0.1) is 12.0 Å². The molecule has 1 rings (SSSR count). The summed E-state index contributed by atoms with van der Waals surface area (Å²) in [6.45, 7) is 1.85. The van der Waals surface area contributed by atoms with Crippen LogP contribution in [0.2, 0.25) is 0 Å². The SMILES string of the molecule is CC(N)CCC(=O)NC1(CC(=O)O)CCC1. The van der Waals surface area contributed by atoms with E-state index >= 15 is 0 Å². The highest BCUT2D eigenvalue weighted by Crippen LogP contribution is 2.34. The maximum atomic E-state index is 11.6. The van der Waals surface area contributed by atoms with Crippen molar-refractivity contribution in [3.8, 4) is 0 Å². The lowest BCUT2D eigenvalue weighted by atomic mass is 9.74. The predicted molar refractivity (Wildman–Crippen MR) is 59.9 cm³/mol. The summed E-state index contributed by atoms with van der Waals surface area (Å²) < 4.78 is 0. The van der Waals surface area contributed by atoms with Crippen molar-refractivity contribution in [1.29, 1.82) is 0 Å². The molecule has 1 aliphatic carbocycles. The third-order valence-electron chi connectivity index (χ3n) is 3.03. The van der Waals surface area contributed by atoms with E-state index in [1.165, 1.54) is 0 Å². The molecule has 0 heterocycles. The van der Waals surface area contributed by atoms with Crippen molar-refractivity contribution in [2.75, 3.05) is 0 Å². The van der Waals surface area contributed by atoms with Crippen molar-refractivity contribution in [3.63, 3.8) is 0 Å². The van der Waals surface area contributed by atoms with Crippen LogP contribution in [0.15, 0.2) is 0 Å². The first-order valence-corrected chi connectivity index (χ1v) is 5.72. The highest BCUT2D eigenvalue weighted by atomic mass is 16.4. The van der Waals surface area contributed by atoms with Gasteiger partial charge in [-0.25, -0.2) is 0 Å². The molecule has 1 fully saturated rings. The molecular formula is C11H20N2O3. The predicted octanol–water partition coefficient (Wildman–Crippen LogP) is 0.627. The molecule has 92 valence electrons. The van der Waals surface area contributed by atoms with Crippen LogP contribution >= 0.6 is 0 Å². The van der Waals surface area contributed by atoms with Gasteiger partial charge in [0.1, 0.15) is 0 Å². The lowest BCUT2D eigenvalue weighted by molar-refractivity contribution is -0.140. The summed E-state index contributed by atoms with van der Waals surface area (Å²) in [5, 5.41) is 11.6. The minimum Gasteiger partial charge on any atom is -0.481 e. The number of hydrogen-bond donors (Lipinski definition) is 3. The Kier molecular flexibility index (Phi) is 4.29. The van der Waals surface area contributed by atoms with Crippen LogP contribution in [0.5, 0.6) is 0 Å². The van der Waals surface area contributed by atoms with E-state index in [1.54, 1.807) is 0 Å². The zero-order chi connectivity index (χ0) is 12.2. The fourth-order valence-corrected chi connectivity index (χ4v) is 1.96. The van der Waals surface area contributed by atoms with Crippen molar-refractivity contribution in [2.45, 2.75) is 57.0 Å². The first-order valence-electron chi connectivity index (χ1n) is 5.72. The van der Waals surface area contributed by atoms with Crippen LogP contribution in [-0.4, -0.2) is 28.6 Å². The van der Waals surface area contributed by atoms with E-state index in [4.69, 9.17) is 10.8 Å². The quantitative estimate of drug-likeness (QED) is 0.621. The molecular weight excluding hydrogens is 208 g/mol. The number of carbonyl (C=O) groups excluding carboxylic acids is 1. The maximum absolute atomic E-state index is 11.6. The Bertz CT molecular complexity index is 272. The summed E-state index contributed by atoms with van der Waals surface area (Å²) in [4.78, 5) is 22.3. The van der Waals surface area contributed by atoms with Gasteiger partial charge in [-0.15, -0.1) is 0 Å². The van der Waals surface area contributed by atoms with Crippen molar-refractivity contribution in [3.05, 3.63) is 0 Å². The van der Waals surface area contributed by atoms with E-state index < -0.39 is 11.5 Å². The van der Waals surface area contributed by atoms with Gasteiger partial charge in [-0.3, -0.25) is 9.59 Å². The number of carboxylic acids is 1. The van der Waals surface area contributed by atoms with Gasteiger partial charge >= 0.3 is 5.97 Å². The molecule has 1 aliphatic rings. The molecule has 1 saturated carbocycles. The molecule has 16 heavy (non-hydrogen) atoms. The van der Waals surface area contributed by atoms with Crippen molar-refractivity contribution in [2.24, 2.45) is 5.73 Å². The van der Waals surface area contributed by atoms with E-state index in [0.29, 0.717) is 12.8 Å². The summed E-state index contributed by atoms with van der Waals surface area (Å²) in [5.74, 6) is -0.939. The first-order chi connectivity index (χ1) is 7.43. The second-order valence-electron chi connectivity index (χ2n) is 4.77. The van der Waals surface area contributed by atoms with Crippen LogP contribution < -0.4 is 11.1 Å². The second kappa shape index (κ2) is 5.30. The molecule has 0 radical (unpaired) electrons. The topological polar surface area (TPSA) is 92.4 Å². The summed E-state index contributed by atoms with van der Waals surface area (Å²) >= 11 is 0. The van der Waals surface area contributed by atoms with Gasteiger partial charge in [0.15, 0.2) is 0 Å². The normalized spacial score (nSPS) is 19.6. The Labute approximate surface area is 95.4 Å². The third kappa shape index (κ3) is 3.81. The van der Waals surface area contributed by atoms with Crippen LogP contribution in [0, 0.1) is 0 Å². The smallest absolute Gasteiger partial charge is 0.305 e. The Morgan fingerprint density at radius 3 is 2.50 bits per heavy atom. The first kappa shape index (κ1) is 13.0. The summed E-state index contributed by atoms with van der Waals surface area (Å²) in [7, 11) is 0. The van der Waals surface area contributed by atoms with E-state index in [0.717, 1.165) is 19.3 Å². The molecule has 0 spiro atoms. The number of carboxylic acid groups (broad SMARTS) is 1. The fourth-order valence-electron chi connectivity index (χ4n) is 1.96. The molecule has 1 amide bonds. The molecule has 0 aliphatic heterocycles. The molecule has 1 unspecified atom stereocenters. The third-order valence-corrected chi connectivity index (χ3v) is 3.03. The minimum absolute atomic E-state index is 0.00237. The summed E-state index contributed by atoms with van der Waals surface area (Å²) in [6.07, 6.45) is 3.55. The van der Waals surface area contributed by atoms with Gasteiger partial charge in [0, 0.05) is 12.5 Å². The number of amides is 1. The Balaban J connectivity index is 2.38. The zero-order valence-electron chi connectivity index (χ0n) is 9.66. The van der Waals surface area contributed by atoms with E-state index in [-0.39, 0.29) is 18.4 Å². The largest absolute Gasteiger partial charge is 0.481 e. The fraction of sp³-hybridized carbons (Fsp3) is 0.818. The number of rotatable bonds is 6. The van der Waals surface area contributed by atoms with Crippen molar-refractivity contribution < 1.29 is 14.7 Å². The second-order valence-corrected chi connectivity index (χ2v) is 4.77. The van der Waals surface area contributed by atoms with Crippen molar-refractivity contribution in [1.82, 2.24) is 5.32 Å². The lowest BCUT2D eigenvalue weighted by Gasteiger charge is -2.41. The molecule has 4 N–H and O–H groups in total.